The summed E-state index contributed by atoms with van der Waals surface area (Å²) in [4.78, 5) is 12.6. The molecule has 0 fully saturated rings. The summed E-state index contributed by atoms with van der Waals surface area (Å²) in [6.07, 6.45) is 0.169. The monoisotopic (exact) mass is 232 g/mol. The van der Waals surface area contributed by atoms with Crippen molar-refractivity contribution >= 4 is 17.1 Å². The van der Waals surface area contributed by atoms with Gasteiger partial charge in [-0.2, -0.15) is 0 Å². The molecular formula is C13H9FOS. The molecule has 1 aliphatic rings. The lowest BCUT2D eigenvalue weighted by Crippen LogP contribution is -2.26. The van der Waals surface area contributed by atoms with Crippen molar-refractivity contribution in [1.82, 2.24) is 0 Å². The number of hydrogen-bond acceptors (Lipinski definition) is 2. The lowest BCUT2D eigenvalue weighted by Gasteiger charge is -2.14. The standard InChI is InChI=1S/C13H9FOS/c14-13(11-6-3-7-16-11)8-9-4-1-2-5-10(9)12(13)15/h1-7H,8H2/t13-/m1/s1. The van der Waals surface area contributed by atoms with Crippen LogP contribution in [0, 0.1) is 0 Å². The molecule has 3 heteroatoms. The van der Waals surface area contributed by atoms with Gasteiger partial charge in [-0.05, 0) is 17.0 Å². The Morgan fingerprint density at radius 3 is 2.69 bits per heavy atom. The van der Waals surface area contributed by atoms with Crippen molar-refractivity contribution in [3.05, 3.63) is 57.8 Å². The largest absolute Gasteiger partial charge is 0.290 e. The number of carbonyl (C=O) groups excluding carboxylic acids is 1. The lowest BCUT2D eigenvalue weighted by atomic mass is 9.99. The van der Waals surface area contributed by atoms with Crippen molar-refractivity contribution in [2.45, 2.75) is 12.1 Å². The van der Waals surface area contributed by atoms with Crippen LogP contribution >= 0.6 is 11.3 Å². The fourth-order valence-electron chi connectivity index (χ4n) is 2.16. The zero-order chi connectivity index (χ0) is 11.2. The second-order valence-corrected chi connectivity index (χ2v) is 4.89. The van der Waals surface area contributed by atoms with Crippen LogP contribution in [-0.2, 0) is 12.1 Å². The minimum absolute atomic E-state index is 0.169. The van der Waals surface area contributed by atoms with Crippen LogP contribution in [0.5, 0.6) is 0 Å². The summed E-state index contributed by atoms with van der Waals surface area (Å²) in [7, 11) is 0. The van der Waals surface area contributed by atoms with Crippen LogP contribution in [-0.4, -0.2) is 5.78 Å². The van der Waals surface area contributed by atoms with Crippen LogP contribution in [0.25, 0.3) is 0 Å². The topological polar surface area (TPSA) is 17.1 Å². The summed E-state index contributed by atoms with van der Waals surface area (Å²) in [6, 6.07) is 10.6. The Bertz CT molecular complexity index is 547. The number of alkyl halides is 1. The highest BCUT2D eigenvalue weighted by Gasteiger charge is 2.48. The molecule has 0 saturated heterocycles. The van der Waals surface area contributed by atoms with E-state index >= 15 is 0 Å². The van der Waals surface area contributed by atoms with Gasteiger partial charge in [0.25, 0.3) is 0 Å². The molecule has 1 aliphatic carbocycles. The number of halogens is 1. The van der Waals surface area contributed by atoms with Gasteiger partial charge in [-0.25, -0.2) is 4.39 Å². The van der Waals surface area contributed by atoms with E-state index < -0.39 is 11.5 Å². The zero-order valence-electron chi connectivity index (χ0n) is 8.44. The molecule has 16 heavy (non-hydrogen) atoms. The van der Waals surface area contributed by atoms with Gasteiger partial charge in [0, 0.05) is 16.9 Å². The van der Waals surface area contributed by atoms with Gasteiger partial charge in [0.1, 0.15) is 0 Å². The van der Waals surface area contributed by atoms with Crippen LogP contribution in [0.15, 0.2) is 41.8 Å². The first-order valence-electron chi connectivity index (χ1n) is 5.07. The van der Waals surface area contributed by atoms with Gasteiger partial charge in [-0.15, -0.1) is 11.3 Å². The maximum atomic E-state index is 14.7. The average Bonchev–Trinajstić information content (AvgIpc) is 2.89. The van der Waals surface area contributed by atoms with Gasteiger partial charge in [0.2, 0.25) is 11.5 Å². The molecular weight excluding hydrogens is 223 g/mol. The highest BCUT2D eigenvalue weighted by Crippen LogP contribution is 2.42. The molecule has 0 radical (unpaired) electrons. The molecule has 0 saturated carbocycles. The Hall–Kier alpha value is -1.48. The maximum absolute atomic E-state index is 14.7. The summed E-state index contributed by atoms with van der Waals surface area (Å²) in [5.74, 6) is -0.398. The van der Waals surface area contributed by atoms with E-state index in [0.717, 1.165) is 5.56 Å². The summed E-state index contributed by atoms with van der Waals surface area (Å²) < 4.78 is 14.7. The van der Waals surface area contributed by atoms with E-state index in [1.807, 2.05) is 12.1 Å². The normalized spacial score (nSPS) is 23.4. The number of hydrogen-bond donors (Lipinski definition) is 0. The van der Waals surface area contributed by atoms with E-state index in [4.69, 9.17) is 0 Å². The molecule has 2 aromatic rings. The molecule has 0 aliphatic heterocycles. The van der Waals surface area contributed by atoms with Crippen molar-refractivity contribution in [1.29, 1.82) is 0 Å². The Labute approximate surface area is 96.5 Å². The van der Waals surface area contributed by atoms with Crippen LogP contribution in [0.3, 0.4) is 0 Å². The molecule has 1 aromatic carbocycles. The lowest BCUT2D eigenvalue weighted by molar-refractivity contribution is 0.0724. The number of rotatable bonds is 1. The van der Waals surface area contributed by atoms with E-state index in [9.17, 15) is 9.18 Å². The zero-order valence-corrected chi connectivity index (χ0v) is 9.26. The first kappa shape index (κ1) is 9.73. The van der Waals surface area contributed by atoms with Crippen molar-refractivity contribution in [3.63, 3.8) is 0 Å². The first-order chi connectivity index (χ1) is 7.72. The Morgan fingerprint density at radius 2 is 2.00 bits per heavy atom. The van der Waals surface area contributed by atoms with Gasteiger partial charge in [-0.1, -0.05) is 30.3 Å². The van der Waals surface area contributed by atoms with Crippen LogP contribution < -0.4 is 0 Å². The summed E-state index contributed by atoms with van der Waals surface area (Å²) in [6.45, 7) is 0. The van der Waals surface area contributed by atoms with Gasteiger partial charge in [-0.3, -0.25) is 4.79 Å². The summed E-state index contributed by atoms with van der Waals surface area (Å²) in [5.41, 5.74) is -0.500. The predicted molar refractivity (Wildman–Crippen MR) is 61.6 cm³/mol. The van der Waals surface area contributed by atoms with Gasteiger partial charge in [0.05, 0.1) is 0 Å². The fourth-order valence-corrected chi connectivity index (χ4v) is 2.97. The van der Waals surface area contributed by atoms with Crippen molar-refractivity contribution in [2.75, 3.05) is 0 Å². The Morgan fingerprint density at radius 1 is 1.19 bits per heavy atom. The third-order valence-electron chi connectivity index (χ3n) is 2.97. The number of fused-ring (bicyclic) bond motifs is 1. The smallest absolute Gasteiger partial charge is 0.211 e. The molecule has 0 bridgehead atoms. The number of benzene rings is 1. The number of thiophene rings is 1. The predicted octanol–water partition coefficient (Wildman–Crippen LogP) is 3.35. The van der Waals surface area contributed by atoms with E-state index in [0.29, 0.717) is 10.4 Å². The molecule has 0 spiro atoms. The van der Waals surface area contributed by atoms with Crippen LogP contribution in [0.1, 0.15) is 20.8 Å². The first-order valence-corrected chi connectivity index (χ1v) is 5.95. The van der Waals surface area contributed by atoms with Gasteiger partial charge in [0.15, 0.2) is 0 Å². The van der Waals surface area contributed by atoms with Crippen molar-refractivity contribution in [3.8, 4) is 0 Å². The quantitative estimate of drug-likeness (QED) is 0.737. The van der Waals surface area contributed by atoms with E-state index in [2.05, 4.69) is 0 Å². The van der Waals surface area contributed by atoms with E-state index in [1.165, 1.54) is 11.3 Å². The van der Waals surface area contributed by atoms with Gasteiger partial charge < -0.3 is 0 Å². The summed E-state index contributed by atoms with van der Waals surface area (Å²) >= 11 is 1.30. The highest BCUT2D eigenvalue weighted by molar-refractivity contribution is 7.10. The molecule has 1 aromatic heterocycles. The van der Waals surface area contributed by atoms with E-state index in [1.54, 1.807) is 29.6 Å². The van der Waals surface area contributed by atoms with Crippen LogP contribution in [0.4, 0.5) is 4.39 Å². The fraction of sp³-hybridized carbons (Fsp3) is 0.154. The molecule has 3 rings (SSSR count). The number of carbonyl (C=O) groups is 1. The van der Waals surface area contributed by atoms with E-state index in [-0.39, 0.29) is 6.42 Å². The average molecular weight is 232 g/mol. The highest BCUT2D eigenvalue weighted by atomic mass is 32.1. The third kappa shape index (κ3) is 1.18. The summed E-state index contributed by atoms with van der Waals surface area (Å²) in [5, 5.41) is 1.80. The molecule has 0 amide bonds. The van der Waals surface area contributed by atoms with Crippen LogP contribution in [0.2, 0.25) is 0 Å². The third-order valence-corrected chi connectivity index (χ3v) is 3.97. The molecule has 0 N–H and O–H groups in total. The molecule has 1 atom stereocenters. The minimum Gasteiger partial charge on any atom is -0.290 e. The Balaban J connectivity index is 2.13. The maximum Gasteiger partial charge on any atom is 0.211 e. The Kier molecular flexibility index (Phi) is 1.98. The molecule has 0 unspecified atom stereocenters. The van der Waals surface area contributed by atoms with Gasteiger partial charge >= 0.3 is 0 Å². The molecule has 80 valence electrons. The number of ketones is 1. The molecule has 1 heterocycles. The SMILES string of the molecule is O=C1c2ccccc2C[C@@]1(F)c1cccs1. The number of Topliss-reactive ketones (excluding diaryl/α,β-unsaturated/α-hetero) is 1. The minimum atomic E-state index is -1.84. The van der Waals surface area contributed by atoms with Crippen molar-refractivity contribution in [2.24, 2.45) is 0 Å². The molecule has 1 nitrogen and oxygen atoms in total. The second-order valence-electron chi connectivity index (χ2n) is 3.94. The second kappa shape index (κ2) is 3.25. The van der Waals surface area contributed by atoms with Crippen molar-refractivity contribution < 1.29 is 9.18 Å².